The summed E-state index contributed by atoms with van der Waals surface area (Å²) in [6.07, 6.45) is 0.196. The SMILES string of the molecule is Cc1nc(N[C@H](C)c2cccc(C(F)F)c2F)c2cc(C3CCN(C(=O)N(C)C)CC3)c3nncn3c2n1. The van der Waals surface area contributed by atoms with Crippen molar-refractivity contribution in [3.05, 3.63) is 58.9 Å². The first-order chi connectivity index (χ1) is 18.2. The monoisotopic (exact) mass is 526 g/mol. The summed E-state index contributed by atoms with van der Waals surface area (Å²) in [6, 6.07) is 5.32. The van der Waals surface area contributed by atoms with Gasteiger partial charge in [0.2, 0.25) is 0 Å². The number of benzene rings is 1. The van der Waals surface area contributed by atoms with Gasteiger partial charge >= 0.3 is 6.03 Å². The van der Waals surface area contributed by atoms with Crippen LogP contribution in [0.25, 0.3) is 16.7 Å². The zero-order valence-corrected chi connectivity index (χ0v) is 21.6. The van der Waals surface area contributed by atoms with Crippen molar-refractivity contribution < 1.29 is 18.0 Å². The summed E-state index contributed by atoms with van der Waals surface area (Å²) in [6.45, 7) is 4.68. The highest BCUT2D eigenvalue weighted by Crippen LogP contribution is 2.36. The fourth-order valence-electron chi connectivity index (χ4n) is 5.12. The summed E-state index contributed by atoms with van der Waals surface area (Å²) in [7, 11) is 3.48. The van der Waals surface area contributed by atoms with E-state index in [1.165, 1.54) is 12.1 Å². The van der Waals surface area contributed by atoms with Crippen molar-refractivity contribution in [2.24, 2.45) is 0 Å². The number of aromatic nitrogens is 5. The van der Waals surface area contributed by atoms with E-state index < -0.39 is 23.8 Å². The minimum absolute atomic E-state index is 0.0120. The van der Waals surface area contributed by atoms with Gasteiger partial charge in [-0.05, 0) is 38.7 Å². The fourth-order valence-corrected chi connectivity index (χ4v) is 5.12. The fraction of sp³-hybridized carbons (Fsp3) is 0.423. The lowest BCUT2D eigenvalue weighted by Crippen LogP contribution is -2.43. The van der Waals surface area contributed by atoms with Crippen LogP contribution in [0.5, 0.6) is 0 Å². The number of hydrogen-bond acceptors (Lipinski definition) is 6. The van der Waals surface area contributed by atoms with Gasteiger partial charge in [0.25, 0.3) is 6.43 Å². The van der Waals surface area contributed by atoms with Gasteiger partial charge in [-0.15, -0.1) is 10.2 Å². The topological polar surface area (TPSA) is 91.5 Å². The number of nitrogens with zero attached hydrogens (tertiary/aromatic N) is 7. The first kappa shape index (κ1) is 25.7. The van der Waals surface area contributed by atoms with Crippen LogP contribution in [0, 0.1) is 12.7 Å². The lowest BCUT2D eigenvalue weighted by molar-refractivity contribution is 0.146. The molecule has 1 aliphatic heterocycles. The van der Waals surface area contributed by atoms with E-state index in [1.807, 2.05) is 15.4 Å². The number of amides is 2. The largest absolute Gasteiger partial charge is 0.363 e. The normalized spacial score (nSPS) is 15.4. The molecule has 3 aromatic heterocycles. The molecule has 0 saturated carbocycles. The summed E-state index contributed by atoms with van der Waals surface area (Å²) in [5.41, 5.74) is 1.71. The number of alkyl halides is 2. The van der Waals surface area contributed by atoms with Crippen molar-refractivity contribution >= 4 is 28.5 Å². The molecule has 0 spiro atoms. The molecule has 1 aliphatic rings. The summed E-state index contributed by atoms with van der Waals surface area (Å²) in [4.78, 5) is 25.0. The highest BCUT2D eigenvalue weighted by molar-refractivity contribution is 5.90. The number of likely N-dealkylation sites (tertiary alicyclic amines) is 1. The van der Waals surface area contributed by atoms with Gasteiger partial charge in [0.1, 0.15) is 23.8 Å². The Kier molecular flexibility index (Phi) is 6.80. The molecule has 0 radical (unpaired) electrons. The van der Waals surface area contributed by atoms with E-state index in [4.69, 9.17) is 0 Å². The molecule has 2 amide bonds. The number of anilines is 1. The van der Waals surface area contributed by atoms with E-state index in [0.29, 0.717) is 41.4 Å². The van der Waals surface area contributed by atoms with E-state index >= 15 is 0 Å². The minimum atomic E-state index is -2.91. The van der Waals surface area contributed by atoms with Gasteiger partial charge in [-0.2, -0.15) is 0 Å². The van der Waals surface area contributed by atoms with E-state index in [0.717, 1.165) is 24.5 Å². The Hall–Kier alpha value is -3.96. The number of halogens is 3. The molecule has 5 rings (SSSR count). The maximum Gasteiger partial charge on any atom is 0.319 e. The van der Waals surface area contributed by atoms with Gasteiger partial charge in [0.15, 0.2) is 11.3 Å². The molecule has 1 N–H and O–H groups in total. The highest BCUT2D eigenvalue weighted by Gasteiger charge is 2.28. The van der Waals surface area contributed by atoms with Crippen LogP contribution in [0.2, 0.25) is 0 Å². The van der Waals surface area contributed by atoms with Gasteiger partial charge in [-0.1, -0.05) is 18.2 Å². The van der Waals surface area contributed by atoms with Crippen molar-refractivity contribution in [2.45, 2.75) is 45.1 Å². The second-order valence-electron chi connectivity index (χ2n) is 9.84. The van der Waals surface area contributed by atoms with Crippen LogP contribution in [0.3, 0.4) is 0 Å². The second kappa shape index (κ2) is 10.1. The molecule has 1 fully saturated rings. The summed E-state index contributed by atoms with van der Waals surface area (Å²) in [5.74, 6) is 0.133. The Bertz CT molecular complexity index is 1500. The average molecular weight is 527 g/mol. The Morgan fingerprint density at radius 1 is 1.13 bits per heavy atom. The van der Waals surface area contributed by atoms with E-state index in [2.05, 4.69) is 25.5 Å². The number of carbonyl (C=O) groups is 1. The van der Waals surface area contributed by atoms with Crippen molar-refractivity contribution in [3.63, 3.8) is 0 Å². The van der Waals surface area contributed by atoms with Gasteiger partial charge in [0.05, 0.1) is 17.0 Å². The van der Waals surface area contributed by atoms with Crippen LogP contribution in [-0.4, -0.2) is 67.6 Å². The first-order valence-electron chi connectivity index (χ1n) is 12.5. The Morgan fingerprint density at radius 3 is 2.53 bits per heavy atom. The predicted octanol–water partition coefficient (Wildman–Crippen LogP) is 5.09. The van der Waals surface area contributed by atoms with Crippen LogP contribution in [-0.2, 0) is 0 Å². The van der Waals surface area contributed by atoms with Crippen LogP contribution >= 0.6 is 0 Å². The van der Waals surface area contributed by atoms with Crippen LogP contribution in [0.15, 0.2) is 30.6 Å². The molecule has 38 heavy (non-hydrogen) atoms. The van der Waals surface area contributed by atoms with Crippen LogP contribution in [0.1, 0.15) is 60.7 Å². The van der Waals surface area contributed by atoms with Crippen molar-refractivity contribution in [2.75, 3.05) is 32.5 Å². The van der Waals surface area contributed by atoms with Gasteiger partial charge in [-0.25, -0.2) is 27.9 Å². The van der Waals surface area contributed by atoms with Crippen molar-refractivity contribution in [1.82, 2.24) is 34.4 Å². The van der Waals surface area contributed by atoms with Gasteiger partial charge in [0, 0.05) is 38.3 Å². The maximum absolute atomic E-state index is 14.9. The quantitative estimate of drug-likeness (QED) is 0.390. The number of carbonyl (C=O) groups excluding carboxylic acids is 1. The standard InChI is InChI=1S/C26H29F3N8O/c1-14(17-6-5-7-18(21(17)27)22(28)29)31-23-20-12-19(16-8-10-36(11-9-16)26(38)35(3)4)25-34-30-13-37(25)24(20)33-15(2)32-23/h5-7,12-14,16,22H,8-11H2,1-4H3,(H,31,32,33)/t14-/m1/s1. The molecule has 1 saturated heterocycles. The number of nitrogens with one attached hydrogen (secondary N) is 1. The molecular weight excluding hydrogens is 497 g/mol. The highest BCUT2D eigenvalue weighted by atomic mass is 19.3. The molecule has 1 aromatic carbocycles. The number of rotatable bonds is 5. The maximum atomic E-state index is 14.9. The van der Waals surface area contributed by atoms with Crippen molar-refractivity contribution in [3.8, 4) is 0 Å². The summed E-state index contributed by atoms with van der Waals surface area (Å²) >= 11 is 0. The molecule has 9 nitrogen and oxygen atoms in total. The zero-order valence-electron chi connectivity index (χ0n) is 21.6. The predicted molar refractivity (Wildman–Crippen MR) is 137 cm³/mol. The van der Waals surface area contributed by atoms with Crippen LogP contribution < -0.4 is 5.32 Å². The number of aryl methyl sites for hydroxylation is 1. The lowest BCUT2D eigenvalue weighted by atomic mass is 9.89. The molecule has 1 atom stereocenters. The third-order valence-electron chi connectivity index (χ3n) is 7.07. The third-order valence-corrected chi connectivity index (χ3v) is 7.07. The lowest BCUT2D eigenvalue weighted by Gasteiger charge is -2.34. The summed E-state index contributed by atoms with van der Waals surface area (Å²) in [5, 5.41) is 12.4. The Labute approximate surface area is 217 Å². The number of fused-ring (bicyclic) bond motifs is 3. The van der Waals surface area contributed by atoms with Crippen LogP contribution in [0.4, 0.5) is 23.8 Å². The number of urea groups is 1. The summed E-state index contributed by atoms with van der Waals surface area (Å²) < 4.78 is 43.3. The number of pyridine rings is 1. The molecule has 0 aliphatic carbocycles. The second-order valence-corrected chi connectivity index (χ2v) is 9.84. The average Bonchev–Trinajstić information content (AvgIpc) is 3.38. The zero-order chi connectivity index (χ0) is 27.1. The molecule has 0 bridgehead atoms. The van der Waals surface area contributed by atoms with Gasteiger partial charge in [-0.3, -0.25) is 4.40 Å². The third kappa shape index (κ3) is 4.59. The molecule has 200 valence electrons. The van der Waals surface area contributed by atoms with E-state index in [-0.39, 0.29) is 17.5 Å². The molecule has 4 aromatic rings. The first-order valence-corrected chi connectivity index (χ1v) is 12.5. The number of hydrogen-bond donors (Lipinski definition) is 1. The van der Waals surface area contributed by atoms with E-state index in [1.54, 1.807) is 39.2 Å². The molecule has 0 unspecified atom stereocenters. The Balaban J connectivity index is 1.53. The number of piperidine rings is 1. The smallest absolute Gasteiger partial charge is 0.319 e. The van der Waals surface area contributed by atoms with Crippen molar-refractivity contribution in [1.29, 1.82) is 0 Å². The molecule has 12 heteroatoms. The molecule has 4 heterocycles. The Morgan fingerprint density at radius 2 is 1.84 bits per heavy atom. The van der Waals surface area contributed by atoms with E-state index in [9.17, 15) is 18.0 Å². The molecular formula is C26H29F3N8O. The van der Waals surface area contributed by atoms with Gasteiger partial charge < -0.3 is 15.1 Å². The minimum Gasteiger partial charge on any atom is -0.363 e.